The van der Waals surface area contributed by atoms with Gasteiger partial charge in [0.15, 0.2) is 5.82 Å². The molecule has 0 unspecified atom stereocenters. The van der Waals surface area contributed by atoms with Crippen molar-refractivity contribution in [1.29, 1.82) is 0 Å². The first kappa shape index (κ1) is 30.0. The molecule has 0 aliphatic heterocycles. The van der Waals surface area contributed by atoms with Crippen LogP contribution in [-0.4, -0.2) is 40.8 Å². The Morgan fingerprint density at radius 2 is 1.78 bits per heavy atom. The van der Waals surface area contributed by atoms with Gasteiger partial charge in [-0.05, 0) is 61.1 Å². The largest absolute Gasteiger partial charge is 0.377 e. The second-order valence-corrected chi connectivity index (χ2v) is 19.1. The number of ether oxygens (including phenoxy) is 2. The molecule has 0 bridgehead atoms. The summed E-state index contributed by atoms with van der Waals surface area (Å²) in [7, 11) is -5.32. The number of sulfonamides is 1. The third-order valence-electron chi connectivity index (χ3n) is 6.10. The highest BCUT2D eigenvalue weighted by molar-refractivity contribution is 9.08. The fourth-order valence-corrected chi connectivity index (χ4v) is 7.17. The second-order valence-electron chi connectivity index (χ2n) is 10.1. The molecule has 0 amide bonds. The van der Waals surface area contributed by atoms with Crippen molar-refractivity contribution >= 4 is 51.4 Å². The Morgan fingerprint density at radius 3 is 2.41 bits per heavy atom. The lowest BCUT2D eigenvalue weighted by molar-refractivity contribution is 0.134. The molecular weight excluding hydrogens is 588 g/mol. The summed E-state index contributed by atoms with van der Waals surface area (Å²) >= 11 is 4.83. The number of nitrogens with zero attached hydrogens (tertiary/aromatic N) is 2. The summed E-state index contributed by atoms with van der Waals surface area (Å²) in [6.45, 7) is 14.0. The van der Waals surface area contributed by atoms with Crippen molar-refractivity contribution in [3.8, 4) is 11.1 Å². The van der Waals surface area contributed by atoms with E-state index in [0.717, 1.165) is 33.2 Å². The molecule has 6 nitrogen and oxygen atoms in total. The molecular formula is C27H37BrN2O4S2Si. The van der Waals surface area contributed by atoms with Gasteiger partial charge in [0.25, 0.3) is 10.0 Å². The number of aromatic nitrogens is 1. The molecule has 0 aliphatic rings. The molecule has 0 radical (unpaired) electrons. The fourth-order valence-electron chi connectivity index (χ4n) is 3.77. The van der Waals surface area contributed by atoms with Crippen LogP contribution in [-0.2, 0) is 31.4 Å². The van der Waals surface area contributed by atoms with Crippen LogP contribution in [0.2, 0.25) is 25.7 Å². The Kier molecular flexibility index (Phi) is 10.5. The van der Waals surface area contributed by atoms with Gasteiger partial charge in [-0.25, -0.2) is 12.7 Å². The standard InChI is InChI=1S/C27H37BrN2O4S2Si/c1-7-33-18-23-16-22(17-28)12-13-24(23)25-10-8-9-11-26(25)36(31,32)30(19-34-14-15-37(4,5)6)27-20(2)21(3)35-29-27/h8-13,16H,7,14-15,17-19H2,1-6H3. The van der Waals surface area contributed by atoms with Crippen molar-refractivity contribution < 1.29 is 17.9 Å². The smallest absolute Gasteiger partial charge is 0.268 e. The lowest BCUT2D eigenvalue weighted by Crippen LogP contribution is -2.35. The van der Waals surface area contributed by atoms with Crippen LogP contribution < -0.4 is 4.31 Å². The lowest BCUT2D eigenvalue weighted by Gasteiger charge is -2.25. The molecule has 0 atom stereocenters. The van der Waals surface area contributed by atoms with Crippen molar-refractivity contribution in [2.45, 2.75) is 63.3 Å². The summed E-state index contributed by atoms with van der Waals surface area (Å²) in [6, 6.07) is 14.1. The van der Waals surface area contributed by atoms with Gasteiger partial charge in [0.2, 0.25) is 0 Å². The van der Waals surface area contributed by atoms with Crippen LogP contribution in [0, 0.1) is 13.8 Å². The van der Waals surface area contributed by atoms with Gasteiger partial charge >= 0.3 is 0 Å². The monoisotopic (exact) mass is 624 g/mol. The third-order valence-corrected chi connectivity index (χ3v) is 11.1. The van der Waals surface area contributed by atoms with E-state index in [4.69, 9.17) is 9.47 Å². The molecule has 202 valence electrons. The van der Waals surface area contributed by atoms with E-state index in [1.807, 2.05) is 45.0 Å². The van der Waals surface area contributed by atoms with E-state index in [2.05, 4.69) is 46.0 Å². The molecule has 37 heavy (non-hydrogen) atoms. The van der Waals surface area contributed by atoms with Gasteiger partial charge in [0.05, 0.1) is 11.5 Å². The van der Waals surface area contributed by atoms with Crippen molar-refractivity contribution in [2.24, 2.45) is 0 Å². The van der Waals surface area contributed by atoms with Crippen molar-refractivity contribution in [3.05, 3.63) is 64.0 Å². The summed E-state index contributed by atoms with van der Waals surface area (Å²) < 4.78 is 46.2. The number of benzene rings is 2. The highest BCUT2D eigenvalue weighted by Crippen LogP contribution is 2.36. The van der Waals surface area contributed by atoms with E-state index in [-0.39, 0.29) is 11.6 Å². The van der Waals surface area contributed by atoms with Crippen LogP contribution in [0.3, 0.4) is 0 Å². The number of anilines is 1. The Hall–Kier alpha value is -1.56. The summed E-state index contributed by atoms with van der Waals surface area (Å²) in [5.74, 6) is 0.425. The number of alkyl halides is 1. The zero-order valence-corrected chi connectivity index (χ0v) is 26.7. The average Bonchev–Trinajstić information content (AvgIpc) is 3.19. The number of hydrogen-bond donors (Lipinski definition) is 0. The minimum absolute atomic E-state index is 0.0838. The summed E-state index contributed by atoms with van der Waals surface area (Å²) in [4.78, 5) is 1.20. The molecule has 3 rings (SSSR count). The zero-order valence-electron chi connectivity index (χ0n) is 22.5. The summed E-state index contributed by atoms with van der Waals surface area (Å²) in [6.07, 6.45) is 0. The minimum Gasteiger partial charge on any atom is -0.377 e. The topological polar surface area (TPSA) is 68.7 Å². The van der Waals surface area contributed by atoms with Gasteiger partial charge in [0.1, 0.15) is 6.73 Å². The van der Waals surface area contributed by atoms with Gasteiger partial charge in [0, 0.05) is 42.6 Å². The first-order valence-corrected chi connectivity index (χ1v) is 19.4. The van der Waals surface area contributed by atoms with Crippen LogP contribution in [0.15, 0.2) is 47.4 Å². The molecule has 1 heterocycles. The zero-order chi connectivity index (χ0) is 27.2. The van der Waals surface area contributed by atoms with Crippen molar-refractivity contribution in [1.82, 2.24) is 4.37 Å². The number of hydrogen-bond acceptors (Lipinski definition) is 6. The molecule has 1 aromatic heterocycles. The maximum absolute atomic E-state index is 14.3. The summed E-state index contributed by atoms with van der Waals surface area (Å²) in [5.41, 5.74) is 4.36. The van der Waals surface area contributed by atoms with Crippen molar-refractivity contribution in [3.63, 3.8) is 0 Å². The molecule has 0 saturated heterocycles. The van der Waals surface area contributed by atoms with Crippen molar-refractivity contribution in [2.75, 3.05) is 24.2 Å². The first-order valence-electron chi connectivity index (χ1n) is 12.4. The highest BCUT2D eigenvalue weighted by Gasteiger charge is 2.31. The average molecular weight is 626 g/mol. The molecule has 0 N–H and O–H groups in total. The molecule has 0 aliphatic carbocycles. The number of halogens is 1. The number of rotatable bonds is 13. The lowest BCUT2D eigenvalue weighted by atomic mass is 9.98. The Balaban J connectivity index is 2.09. The van der Waals surface area contributed by atoms with Crippen LogP contribution >= 0.6 is 27.5 Å². The quantitative estimate of drug-likeness (QED) is 0.0859. The van der Waals surface area contributed by atoms with E-state index in [0.29, 0.717) is 36.5 Å². The molecule has 3 aromatic rings. The predicted molar refractivity (Wildman–Crippen MR) is 160 cm³/mol. The Morgan fingerprint density at radius 1 is 1.05 bits per heavy atom. The fraction of sp³-hybridized carbons (Fsp3) is 0.444. The summed E-state index contributed by atoms with van der Waals surface area (Å²) in [5, 5.41) is 0.706. The van der Waals surface area contributed by atoms with Crippen LogP contribution in [0.4, 0.5) is 5.82 Å². The normalized spacial score (nSPS) is 12.2. The highest BCUT2D eigenvalue weighted by atomic mass is 79.9. The predicted octanol–water partition coefficient (Wildman–Crippen LogP) is 7.37. The Labute approximate surface area is 235 Å². The second kappa shape index (κ2) is 13.0. The molecule has 0 fully saturated rings. The van der Waals surface area contributed by atoms with E-state index in [1.54, 1.807) is 12.1 Å². The van der Waals surface area contributed by atoms with Crippen LogP contribution in [0.5, 0.6) is 0 Å². The SMILES string of the molecule is CCOCc1cc(CBr)ccc1-c1ccccc1S(=O)(=O)N(COCC[Si](C)(C)C)c1nsc(C)c1C. The maximum Gasteiger partial charge on any atom is 0.268 e. The van der Waals surface area contributed by atoms with Gasteiger partial charge in [-0.15, -0.1) is 0 Å². The van der Waals surface area contributed by atoms with E-state index in [9.17, 15) is 8.42 Å². The van der Waals surface area contributed by atoms with Gasteiger partial charge in [-0.3, -0.25) is 0 Å². The first-order chi connectivity index (χ1) is 17.5. The van der Waals surface area contributed by atoms with Crippen LogP contribution in [0.1, 0.15) is 28.5 Å². The third kappa shape index (κ3) is 7.51. The minimum atomic E-state index is -4.00. The maximum atomic E-state index is 14.3. The van der Waals surface area contributed by atoms with E-state index in [1.165, 1.54) is 15.8 Å². The van der Waals surface area contributed by atoms with E-state index >= 15 is 0 Å². The molecule has 0 saturated carbocycles. The van der Waals surface area contributed by atoms with Gasteiger partial charge < -0.3 is 9.47 Å². The molecule has 10 heteroatoms. The van der Waals surface area contributed by atoms with Crippen LogP contribution in [0.25, 0.3) is 11.1 Å². The molecule has 0 spiro atoms. The van der Waals surface area contributed by atoms with E-state index < -0.39 is 18.1 Å². The van der Waals surface area contributed by atoms with Gasteiger partial charge in [-0.2, -0.15) is 4.37 Å². The Bertz CT molecular complexity index is 1310. The number of aryl methyl sites for hydroxylation is 1. The molecule has 2 aromatic carbocycles. The van der Waals surface area contributed by atoms with Gasteiger partial charge in [-0.1, -0.05) is 72.0 Å².